The van der Waals surface area contributed by atoms with Crippen molar-refractivity contribution in [3.8, 4) is 0 Å². The molecule has 1 amide bonds. The first-order valence-corrected chi connectivity index (χ1v) is 6.31. The van der Waals surface area contributed by atoms with Gasteiger partial charge in [0, 0.05) is 26.1 Å². The number of nitrogens with zero attached hydrogens (tertiary/aromatic N) is 2. The molecule has 1 aliphatic rings. The molecule has 0 unspecified atom stereocenters. The number of ether oxygens (including phenoxy) is 1. The van der Waals surface area contributed by atoms with E-state index in [1.54, 1.807) is 19.2 Å². The molecule has 0 saturated heterocycles. The van der Waals surface area contributed by atoms with E-state index in [1.807, 2.05) is 0 Å². The number of hydrogen-bond donors (Lipinski definition) is 0. The fraction of sp³-hybridized carbons (Fsp3) is 0.429. The average Bonchev–Trinajstić information content (AvgIpc) is 2.87. The first-order chi connectivity index (χ1) is 9.60. The molecular formula is C14H17FN2O3. The number of benzene rings is 1. The van der Waals surface area contributed by atoms with Gasteiger partial charge in [0.2, 0.25) is 5.91 Å². The van der Waals surface area contributed by atoms with Gasteiger partial charge in [0.15, 0.2) is 6.10 Å². The number of amides is 1. The van der Waals surface area contributed by atoms with Gasteiger partial charge in [-0.2, -0.15) is 0 Å². The van der Waals surface area contributed by atoms with Gasteiger partial charge in [-0.1, -0.05) is 17.3 Å². The average molecular weight is 280 g/mol. The van der Waals surface area contributed by atoms with Gasteiger partial charge in [-0.05, 0) is 12.1 Å². The number of halogens is 1. The lowest BCUT2D eigenvalue weighted by Crippen LogP contribution is -2.36. The number of methoxy groups -OCH3 is 1. The summed E-state index contributed by atoms with van der Waals surface area (Å²) in [5, 5.41) is 3.97. The van der Waals surface area contributed by atoms with Gasteiger partial charge in [0.25, 0.3) is 0 Å². The maximum atomic E-state index is 13.2. The molecular weight excluding hydrogens is 263 g/mol. The van der Waals surface area contributed by atoms with Crippen LogP contribution in [0.2, 0.25) is 0 Å². The number of likely N-dealkylation sites (N-methyl/N-ethyl adjacent to an activating group) is 1. The minimum atomic E-state index is -0.305. The highest BCUT2D eigenvalue weighted by Crippen LogP contribution is 2.18. The number of carbonyl (C=O) groups excluding carboxylic acids is 1. The summed E-state index contributed by atoms with van der Waals surface area (Å²) >= 11 is 0. The third-order valence-corrected chi connectivity index (χ3v) is 3.06. The second-order valence-corrected chi connectivity index (χ2v) is 4.69. The van der Waals surface area contributed by atoms with Crippen molar-refractivity contribution < 1.29 is 18.8 Å². The molecule has 1 aromatic rings. The van der Waals surface area contributed by atoms with Crippen LogP contribution in [-0.2, 0) is 14.4 Å². The van der Waals surface area contributed by atoms with E-state index in [2.05, 4.69) is 5.16 Å². The SMILES string of the molecule is COCC(=O)N(C)C[C@H]1CC(c2cccc(F)c2)=NO1. The molecule has 0 aromatic heterocycles. The molecule has 6 heteroatoms. The number of rotatable bonds is 5. The molecule has 20 heavy (non-hydrogen) atoms. The van der Waals surface area contributed by atoms with Crippen LogP contribution in [0, 0.1) is 5.82 Å². The fourth-order valence-electron chi connectivity index (χ4n) is 2.01. The van der Waals surface area contributed by atoms with Crippen LogP contribution < -0.4 is 0 Å². The van der Waals surface area contributed by atoms with Crippen molar-refractivity contribution in [3.05, 3.63) is 35.6 Å². The predicted molar refractivity (Wildman–Crippen MR) is 71.9 cm³/mol. The molecule has 2 rings (SSSR count). The molecule has 5 nitrogen and oxygen atoms in total. The zero-order chi connectivity index (χ0) is 14.5. The quantitative estimate of drug-likeness (QED) is 0.819. The van der Waals surface area contributed by atoms with Crippen molar-refractivity contribution in [2.75, 3.05) is 27.3 Å². The fourth-order valence-corrected chi connectivity index (χ4v) is 2.01. The Balaban J connectivity index is 1.90. The molecule has 1 heterocycles. The molecule has 0 fully saturated rings. The maximum Gasteiger partial charge on any atom is 0.248 e. The van der Waals surface area contributed by atoms with Crippen LogP contribution in [0.1, 0.15) is 12.0 Å². The normalized spacial score (nSPS) is 17.6. The number of hydrogen-bond acceptors (Lipinski definition) is 4. The molecule has 0 aliphatic carbocycles. The smallest absolute Gasteiger partial charge is 0.248 e. The minimum absolute atomic E-state index is 0.0425. The summed E-state index contributed by atoms with van der Waals surface area (Å²) in [5.41, 5.74) is 1.40. The Bertz CT molecular complexity index is 519. The highest BCUT2D eigenvalue weighted by Gasteiger charge is 2.25. The molecule has 0 spiro atoms. The van der Waals surface area contributed by atoms with Gasteiger partial charge in [-0.15, -0.1) is 0 Å². The molecule has 0 saturated carbocycles. The van der Waals surface area contributed by atoms with E-state index in [1.165, 1.54) is 24.1 Å². The van der Waals surface area contributed by atoms with Crippen LogP contribution in [0.3, 0.4) is 0 Å². The molecule has 1 aliphatic heterocycles. The van der Waals surface area contributed by atoms with Crippen molar-refractivity contribution in [2.45, 2.75) is 12.5 Å². The van der Waals surface area contributed by atoms with Crippen LogP contribution in [0.15, 0.2) is 29.4 Å². The van der Waals surface area contributed by atoms with Gasteiger partial charge in [0.1, 0.15) is 12.4 Å². The number of oxime groups is 1. The third kappa shape index (κ3) is 3.54. The van der Waals surface area contributed by atoms with Crippen LogP contribution in [0.5, 0.6) is 0 Å². The first kappa shape index (κ1) is 14.5. The zero-order valence-electron chi connectivity index (χ0n) is 11.5. The summed E-state index contributed by atoms with van der Waals surface area (Å²) in [5.74, 6) is -0.420. The van der Waals surface area contributed by atoms with E-state index in [-0.39, 0.29) is 24.4 Å². The van der Waals surface area contributed by atoms with Crippen molar-refractivity contribution in [1.82, 2.24) is 4.90 Å². The largest absolute Gasteiger partial charge is 0.390 e. The van der Waals surface area contributed by atoms with Gasteiger partial charge < -0.3 is 14.5 Å². The maximum absolute atomic E-state index is 13.2. The van der Waals surface area contributed by atoms with E-state index in [0.29, 0.717) is 24.2 Å². The summed E-state index contributed by atoms with van der Waals surface area (Å²) in [6, 6.07) is 6.22. The van der Waals surface area contributed by atoms with Gasteiger partial charge in [-0.3, -0.25) is 4.79 Å². The molecule has 0 radical (unpaired) electrons. The van der Waals surface area contributed by atoms with E-state index >= 15 is 0 Å². The Kier molecular flexibility index (Phi) is 4.68. The molecule has 1 atom stereocenters. The second kappa shape index (κ2) is 6.47. The predicted octanol–water partition coefficient (Wildman–Crippen LogP) is 1.42. The lowest BCUT2D eigenvalue weighted by molar-refractivity contribution is -0.135. The lowest BCUT2D eigenvalue weighted by atomic mass is 10.0. The van der Waals surface area contributed by atoms with Crippen molar-refractivity contribution in [3.63, 3.8) is 0 Å². The Morgan fingerprint density at radius 2 is 2.40 bits per heavy atom. The molecule has 108 valence electrons. The standard InChI is InChI=1S/C14H17FN2O3/c1-17(14(18)9-19-2)8-12-7-13(16-20-12)10-4-3-5-11(15)6-10/h3-6,12H,7-9H2,1-2H3/t12-/m1/s1. The zero-order valence-corrected chi connectivity index (χ0v) is 11.5. The van der Waals surface area contributed by atoms with E-state index < -0.39 is 0 Å². The Labute approximate surface area is 117 Å². The number of carbonyl (C=O) groups is 1. The summed E-state index contributed by atoms with van der Waals surface area (Å²) in [7, 11) is 3.16. The Morgan fingerprint density at radius 3 is 3.10 bits per heavy atom. The molecule has 1 aromatic carbocycles. The third-order valence-electron chi connectivity index (χ3n) is 3.06. The second-order valence-electron chi connectivity index (χ2n) is 4.69. The first-order valence-electron chi connectivity index (χ1n) is 6.31. The monoisotopic (exact) mass is 280 g/mol. The van der Waals surface area contributed by atoms with Crippen LogP contribution in [0.4, 0.5) is 4.39 Å². The summed E-state index contributed by atoms with van der Waals surface area (Å²) in [6.07, 6.45) is 0.340. The summed E-state index contributed by atoms with van der Waals surface area (Å²) in [4.78, 5) is 18.4. The summed E-state index contributed by atoms with van der Waals surface area (Å²) < 4.78 is 17.9. The van der Waals surface area contributed by atoms with Gasteiger partial charge in [-0.25, -0.2) is 4.39 Å². The van der Waals surface area contributed by atoms with Crippen LogP contribution in [-0.4, -0.2) is 49.9 Å². The molecule has 0 N–H and O–H groups in total. The van der Waals surface area contributed by atoms with Crippen molar-refractivity contribution in [1.29, 1.82) is 0 Å². The van der Waals surface area contributed by atoms with E-state index in [9.17, 15) is 9.18 Å². The topological polar surface area (TPSA) is 51.1 Å². The van der Waals surface area contributed by atoms with E-state index in [0.717, 1.165) is 0 Å². The molecule has 0 bridgehead atoms. The lowest BCUT2D eigenvalue weighted by Gasteiger charge is -2.19. The van der Waals surface area contributed by atoms with Crippen LogP contribution >= 0.6 is 0 Å². The summed E-state index contributed by atoms with van der Waals surface area (Å²) in [6.45, 7) is 0.464. The van der Waals surface area contributed by atoms with Crippen LogP contribution in [0.25, 0.3) is 0 Å². The Morgan fingerprint density at radius 1 is 1.60 bits per heavy atom. The van der Waals surface area contributed by atoms with Gasteiger partial charge in [0.05, 0.1) is 12.3 Å². The van der Waals surface area contributed by atoms with Gasteiger partial charge >= 0.3 is 0 Å². The minimum Gasteiger partial charge on any atom is -0.390 e. The van der Waals surface area contributed by atoms with E-state index in [4.69, 9.17) is 9.57 Å². The highest BCUT2D eigenvalue weighted by molar-refractivity contribution is 6.01. The highest BCUT2D eigenvalue weighted by atomic mass is 19.1. The van der Waals surface area contributed by atoms with Crippen molar-refractivity contribution >= 4 is 11.6 Å². The van der Waals surface area contributed by atoms with Crippen molar-refractivity contribution in [2.24, 2.45) is 5.16 Å². The Hall–Kier alpha value is -1.95.